The number of ether oxygens (including phenoxy) is 1. The van der Waals surface area contributed by atoms with E-state index in [0.717, 1.165) is 23.1 Å². The van der Waals surface area contributed by atoms with Crippen LogP contribution in [-0.2, 0) is 11.3 Å². The molecule has 0 amide bonds. The van der Waals surface area contributed by atoms with Crippen LogP contribution in [-0.4, -0.2) is 33.8 Å². The van der Waals surface area contributed by atoms with Gasteiger partial charge in [0.25, 0.3) is 0 Å². The van der Waals surface area contributed by atoms with E-state index in [1.165, 1.54) is 25.6 Å². The highest BCUT2D eigenvalue weighted by Crippen LogP contribution is 2.29. The second kappa shape index (κ2) is 10.5. The molecule has 0 saturated heterocycles. The number of aryl methyl sites for hydroxylation is 1. The van der Waals surface area contributed by atoms with Gasteiger partial charge in [-0.25, -0.2) is 14.8 Å². The zero-order valence-corrected chi connectivity index (χ0v) is 19.2. The maximum Gasteiger partial charge on any atom is 0.346 e. The van der Waals surface area contributed by atoms with Crippen LogP contribution in [0.4, 0.5) is 5.69 Å². The summed E-state index contributed by atoms with van der Waals surface area (Å²) in [6, 6.07) is 9.51. The van der Waals surface area contributed by atoms with Crippen molar-refractivity contribution in [3.8, 4) is 0 Å². The molecular formula is C25H30N4O4. The Hall–Kier alpha value is -3.42. The lowest BCUT2D eigenvalue weighted by molar-refractivity contribution is 0.0513. The first-order valence-electron chi connectivity index (χ1n) is 11.6. The van der Waals surface area contributed by atoms with Crippen molar-refractivity contribution in [1.29, 1.82) is 0 Å². The number of benzene rings is 1. The molecule has 2 heterocycles. The summed E-state index contributed by atoms with van der Waals surface area (Å²) in [5.74, 6) is -0.193. The molecule has 8 nitrogen and oxygen atoms in total. The first-order valence-corrected chi connectivity index (χ1v) is 11.6. The molecule has 0 aliphatic heterocycles. The van der Waals surface area contributed by atoms with Gasteiger partial charge in [0.05, 0.1) is 23.4 Å². The third-order valence-corrected chi connectivity index (χ3v) is 6.08. The molecule has 0 spiro atoms. The molecule has 174 valence electrons. The van der Waals surface area contributed by atoms with Gasteiger partial charge in [0.15, 0.2) is 11.2 Å². The van der Waals surface area contributed by atoms with Crippen molar-refractivity contribution in [2.24, 2.45) is 5.92 Å². The van der Waals surface area contributed by atoms with E-state index in [-0.39, 0.29) is 18.8 Å². The largest absolute Gasteiger partial charge is 0.462 e. The SMILES string of the molecule is CCOC(=O)c1c(NCC2CCCCC2)c2c(C)ncnc2n(OCc2ccccc2)c1=O. The number of carbonyl (C=O) groups is 1. The van der Waals surface area contributed by atoms with Crippen LogP contribution in [0.15, 0.2) is 41.5 Å². The number of aromatic nitrogens is 3. The predicted octanol–water partition coefficient (Wildman–Crippen LogP) is 3.90. The summed E-state index contributed by atoms with van der Waals surface area (Å²) in [6.07, 6.45) is 7.33. The van der Waals surface area contributed by atoms with Gasteiger partial charge in [-0.2, -0.15) is 0 Å². The number of pyridine rings is 1. The molecule has 0 atom stereocenters. The van der Waals surface area contributed by atoms with E-state index in [2.05, 4.69) is 15.3 Å². The summed E-state index contributed by atoms with van der Waals surface area (Å²) in [7, 11) is 0. The van der Waals surface area contributed by atoms with E-state index in [1.54, 1.807) is 6.92 Å². The molecule has 0 unspecified atom stereocenters. The number of nitrogens with zero attached hydrogens (tertiary/aromatic N) is 3. The summed E-state index contributed by atoms with van der Waals surface area (Å²) in [6.45, 7) is 4.53. The van der Waals surface area contributed by atoms with Gasteiger partial charge in [-0.1, -0.05) is 49.6 Å². The van der Waals surface area contributed by atoms with Gasteiger partial charge in [0.1, 0.15) is 12.9 Å². The van der Waals surface area contributed by atoms with Crippen LogP contribution in [0.2, 0.25) is 0 Å². The molecule has 0 bridgehead atoms. The maximum atomic E-state index is 13.5. The molecule has 3 aromatic rings. The van der Waals surface area contributed by atoms with Crippen molar-refractivity contribution in [3.05, 3.63) is 63.8 Å². The Labute approximate surface area is 192 Å². The quantitative estimate of drug-likeness (QED) is 0.520. The number of nitrogens with one attached hydrogen (secondary N) is 1. The fourth-order valence-electron chi connectivity index (χ4n) is 4.38. The lowest BCUT2D eigenvalue weighted by atomic mass is 9.89. The standard InChI is InChI=1S/C25H30N4O4/c1-3-32-25(31)21-22(26-14-18-10-6-4-7-11-18)20-17(2)27-16-28-23(20)29(24(21)30)33-15-19-12-8-5-9-13-19/h5,8-9,12-13,16,18,26H,3-4,6-7,10-11,14-15H2,1-2H3. The minimum Gasteiger partial charge on any atom is -0.462 e. The third-order valence-electron chi connectivity index (χ3n) is 6.08. The van der Waals surface area contributed by atoms with Gasteiger partial charge in [-0.05, 0) is 38.2 Å². The van der Waals surface area contributed by atoms with Crippen LogP contribution < -0.4 is 15.7 Å². The van der Waals surface area contributed by atoms with Gasteiger partial charge >= 0.3 is 11.5 Å². The molecule has 8 heteroatoms. The van der Waals surface area contributed by atoms with E-state index in [4.69, 9.17) is 9.57 Å². The highest BCUT2D eigenvalue weighted by atomic mass is 16.7. The average molecular weight is 451 g/mol. The van der Waals surface area contributed by atoms with Crippen LogP contribution in [0.1, 0.15) is 60.6 Å². The molecule has 1 fully saturated rings. The first kappa shape index (κ1) is 22.8. The number of carbonyl (C=O) groups excluding carboxylic acids is 1. The highest BCUT2D eigenvalue weighted by molar-refractivity contribution is 6.04. The van der Waals surface area contributed by atoms with Gasteiger partial charge in [0, 0.05) is 6.54 Å². The first-order chi connectivity index (χ1) is 16.1. The lowest BCUT2D eigenvalue weighted by Crippen LogP contribution is -2.34. The fraction of sp³-hybridized carbons (Fsp3) is 0.440. The zero-order chi connectivity index (χ0) is 23.2. The molecule has 4 rings (SSSR count). The number of anilines is 1. The normalized spacial score (nSPS) is 14.2. The molecular weight excluding hydrogens is 420 g/mol. The molecule has 2 aromatic heterocycles. The van der Waals surface area contributed by atoms with Gasteiger partial charge < -0.3 is 14.9 Å². The second-order valence-corrected chi connectivity index (χ2v) is 8.37. The predicted molar refractivity (Wildman–Crippen MR) is 126 cm³/mol. The summed E-state index contributed by atoms with van der Waals surface area (Å²) < 4.78 is 6.35. The Bertz CT molecular complexity index is 1170. The minimum atomic E-state index is -0.684. The van der Waals surface area contributed by atoms with E-state index >= 15 is 0 Å². The Morgan fingerprint density at radius 1 is 1.15 bits per heavy atom. The van der Waals surface area contributed by atoms with Crippen molar-refractivity contribution in [1.82, 2.24) is 14.7 Å². The van der Waals surface area contributed by atoms with Gasteiger partial charge in [-0.15, -0.1) is 4.73 Å². The van der Waals surface area contributed by atoms with E-state index in [1.807, 2.05) is 37.3 Å². The molecule has 0 radical (unpaired) electrons. The monoisotopic (exact) mass is 450 g/mol. The molecule has 1 aliphatic rings. The molecule has 1 aromatic carbocycles. The van der Waals surface area contributed by atoms with Crippen LogP contribution in [0.5, 0.6) is 0 Å². The van der Waals surface area contributed by atoms with Gasteiger partial charge in [-0.3, -0.25) is 4.79 Å². The Kier molecular flexibility index (Phi) is 7.22. The number of fused-ring (bicyclic) bond motifs is 1. The van der Waals surface area contributed by atoms with Crippen LogP contribution in [0, 0.1) is 12.8 Å². The van der Waals surface area contributed by atoms with Crippen LogP contribution in [0.25, 0.3) is 11.0 Å². The fourth-order valence-corrected chi connectivity index (χ4v) is 4.38. The Balaban J connectivity index is 1.81. The molecule has 1 saturated carbocycles. The molecule has 1 N–H and O–H groups in total. The van der Waals surface area contributed by atoms with E-state index in [0.29, 0.717) is 34.9 Å². The van der Waals surface area contributed by atoms with E-state index in [9.17, 15) is 9.59 Å². The second-order valence-electron chi connectivity index (χ2n) is 8.37. The van der Waals surface area contributed by atoms with Crippen molar-refractivity contribution in [2.75, 3.05) is 18.5 Å². The Morgan fingerprint density at radius 3 is 2.64 bits per heavy atom. The van der Waals surface area contributed by atoms with Crippen LogP contribution >= 0.6 is 0 Å². The van der Waals surface area contributed by atoms with Crippen molar-refractivity contribution in [3.63, 3.8) is 0 Å². The Morgan fingerprint density at radius 2 is 1.91 bits per heavy atom. The molecule has 1 aliphatic carbocycles. The highest BCUT2D eigenvalue weighted by Gasteiger charge is 2.27. The summed E-state index contributed by atoms with van der Waals surface area (Å²) >= 11 is 0. The maximum absolute atomic E-state index is 13.5. The van der Waals surface area contributed by atoms with Crippen molar-refractivity contribution < 1.29 is 14.4 Å². The minimum absolute atomic E-state index is 0.0777. The topological polar surface area (TPSA) is 95.3 Å². The summed E-state index contributed by atoms with van der Waals surface area (Å²) in [5.41, 5.74) is 1.61. The number of esters is 1. The average Bonchev–Trinajstić information content (AvgIpc) is 2.83. The van der Waals surface area contributed by atoms with Crippen molar-refractivity contribution in [2.45, 2.75) is 52.6 Å². The number of hydrogen-bond donors (Lipinski definition) is 1. The lowest BCUT2D eigenvalue weighted by Gasteiger charge is -2.24. The van der Waals surface area contributed by atoms with E-state index < -0.39 is 11.5 Å². The third kappa shape index (κ3) is 4.99. The van der Waals surface area contributed by atoms with Crippen molar-refractivity contribution >= 4 is 22.7 Å². The zero-order valence-electron chi connectivity index (χ0n) is 19.2. The molecule has 33 heavy (non-hydrogen) atoms. The smallest absolute Gasteiger partial charge is 0.346 e. The number of hydrogen-bond acceptors (Lipinski definition) is 7. The van der Waals surface area contributed by atoms with Gasteiger partial charge in [0.2, 0.25) is 0 Å². The van der Waals surface area contributed by atoms with Crippen LogP contribution in [0.3, 0.4) is 0 Å². The summed E-state index contributed by atoms with van der Waals surface area (Å²) in [5, 5.41) is 3.99. The summed E-state index contributed by atoms with van der Waals surface area (Å²) in [4.78, 5) is 41.1. The number of rotatable bonds is 8.